The van der Waals surface area contributed by atoms with Crippen LogP contribution in [0.4, 0.5) is 15.8 Å². The second-order valence-electron chi connectivity index (χ2n) is 4.62. The average molecular weight is 272 g/mol. The van der Waals surface area contributed by atoms with Crippen molar-refractivity contribution in [2.24, 2.45) is 0 Å². The second-order valence-corrected chi connectivity index (χ2v) is 4.62. The zero-order valence-electron chi connectivity index (χ0n) is 10.6. The summed E-state index contributed by atoms with van der Waals surface area (Å²) < 4.78 is 18.4. The van der Waals surface area contributed by atoms with Gasteiger partial charge in [0, 0.05) is 5.56 Å². The van der Waals surface area contributed by atoms with E-state index in [-0.39, 0.29) is 17.5 Å². The second kappa shape index (κ2) is 4.85. The fraction of sp³-hybridized carbons (Fsp3) is 0.133. The van der Waals surface area contributed by atoms with Crippen molar-refractivity contribution in [3.05, 3.63) is 53.8 Å². The fourth-order valence-electron chi connectivity index (χ4n) is 2.25. The summed E-state index contributed by atoms with van der Waals surface area (Å²) in [4.78, 5) is 12.3. The number of carbonyl (C=O) groups excluding carboxylic acids is 1. The van der Waals surface area contributed by atoms with E-state index < -0.39 is 5.82 Å². The van der Waals surface area contributed by atoms with Crippen LogP contribution in [0.3, 0.4) is 0 Å². The van der Waals surface area contributed by atoms with E-state index in [1.54, 1.807) is 0 Å². The molecule has 0 spiro atoms. The largest absolute Gasteiger partial charge is 0.492 e. The van der Waals surface area contributed by atoms with Gasteiger partial charge in [-0.05, 0) is 24.3 Å². The quantitative estimate of drug-likeness (QED) is 0.826. The minimum atomic E-state index is -0.435. The predicted octanol–water partition coefficient (Wildman–Crippen LogP) is 2.52. The monoisotopic (exact) mass is 272 g/mol. The van der Waals surface area contributed by atoms with Crippen LogP contribution in [0.15, 0.2) is 42.5 Å². The van der Waals surface area contributed by atoms with E-state index in [1.807, 2.05) is 24.3 Å². The van der Waals surface area contributed by atoms with E-state index in [1.165, 1.54) is 18.2 Å². The Morgan fingerprint density at radius 1 is 1.30 bits per heavy atom. The van der Waals surface area contributed by atoms with E-state index in [9.17, 15) is 9.18 Å². The number of anilines is 2. The third-order valence-electron chi connectivity index (χ3n) is 3.29. The van der Waals surface area contributed by atoms with Crippen LogP contribution in [-0.2, 0) is 4.79 Å². The number of fused-ring (bicyclic) bond motifs is 1. The number of nitrogens with two attached hydrogens (primary N) is 1. The van der Waals surface area contributed by atoms with Gasteiger partial charge in [0.1, 0.15) is 24.1 Å². The van der Waals surface area contributed by atoms with Gasteiger partial charge in [-0.2, -0.15) is 0 Å². The summed E-state index contributed by atoms with van der Waals surface area (Å²) in [5, 5.41) is 2.71. The molecule has 0 aliphatic carbocycles. The van der Waals surface area contributed by atoms with E-state index in [4.69, 9.17) is 10.5 Å². The lowest BCUT2D eigenvalue weighted by atomic mass is 10.0. The molecule has 0 saturated carbocycles. The van der Waals surface area contributed by atoms with Crippen molar-refractivity contribution in [1.29, 1.82) is 0 Å². The summed E-state index contributed by atoms with van der Waals surface area (Å²) in [6.45, 7) is 0.298. The Kier molecular flexibility index (Phi) is 3.02. The Bertz CT molecular complexity index is 673. The van der Waals surface area contributed by atoms with Gasteiger partial charge in [0.05, 0.1) is 11.4 Å². The van der Waals surface area contributed by atoms with Crippen LogP contribution in [-0.4, -0.2) is 12.5 Å². The standard InChI is InChI=1S/C15H13FN2O2/c16-9-5-6-13(12(17)7-9)18-15(19)11-8-20-14-4-2-1-3-10(11)14/h1-7,11H,8,17H2,(H,18,19). The van der Waals surface area contributed by atoms with E-state index in [0.717, 1.165) is 11.3 Å². The molecule has 0 fully saturated rings. The minimum Gasteiger partial charge on any atom is -0.492 e. The summed E-state index contributed by atoms with van der Waals surface area (Å²) in [7, 11) is 0. The summed E-state index contributed by atoms with van der Waals surface area (Å²) in [6.07, 6.45) is 0. The van der Waals surface area contributed by atoms with Crippen molar-refractivity contribution < 1.29 is 13.9 Å². The van der Waals surface area contributed by atoms with Gasteiger partial charge in [0.25, 0.3) is 0 Å². The Morgan fingerprint density at radius 3 is 2.90 bits per heavy atom. The van der Waals surface area contributed by atoms with Crippen LogP contribution in [0.1, 0.15) is 11.5 Å². The van der Waals surface area contributed by atoms with Crippen molar-refractivity contribution >= 4 is 17.3 Å². The number of benzene rings is 2. The van der Waals surface area contributed by atoms with Crippen LogP contribution in [0.2, 0.25) is 0 Å². The third kappa shape index (κ3) is 2.18. The molecule has 1 aliphatic heterocycles. The number of hydrogen-bond acceptors (Lipinski definition) is 3. The van der Waals surface area contributed by atoms with Crippen molar-refractivity contribution in [3.8, 4) is 5.75 Å². The van der Waals surface area contributed by atoms with Crippen LogP contribution >= 0.6 is 0 Å². The van der Waals surface area contributed by atoms with Gasteiger partial charge in [-0.25, -0.2) is 4.39 Å². The lowest BCUT2D eigenvalue weighted by Gasteiger charge is -2.12. The van der Waals surface area contributed by atoms with Gasteiger partial charge in [0.2, 0.25) is 5.91 Å². The summed E-state index contributed by atoms with van der Waals surface area (Å²) in [5.41, 5.74) is 7.13. The number of nitrogen functional groups attached to an aromatic ring is 1. The topological polar surface area (TPSA) is 64.3 Å². The maximum absolute atomic E-state index is 13.0. The third-order valence-corrected chi connectivity index (χ3v) is 3.29. The molecular formula is C15H13FN2O2. The lowest BCUT2D eigenvalue weighted by Crippen LogP contribution is -2.22. The van der Waals surface area contributed by atoms with Crippen LogP contribution in [0.25, 0.3) is 0 Å². The molecule has 0 saturated heterocycles. The summed E-state index contributed by atoms with van der Waals surface area (Å²) in [6, 6.07) is 11.3. The molecule has 20 heavy (non-hydrogen) atoms. The molecular weight excluding hydrogens is 259 g/mol. The number of nitrogens with one attached hydrogen (secondary N) is 1. The highest BCUT2D eigenvalue weighted by atomic mass is 19.1. The van der Waals surface area contributed by atoms with Gasteiger partial charge >= 0.3 is 0 Å². The highest BCUT2D eigenvalue weighted by Gasteiger charge is 2.30. The number of halogens is 1. The van der Waals surface area contributed by atoms with E-state index in [0.29, 0.717) is 12.3 Å². The van der Waals surface area contributed by atoms with Gasteiger partial charge in [-0.3, -0.25) is 4.79 Å². The van der Waals surface area contributed by atoms with Crippen molar-refractivity contribution in [2.75, 3.05) is 17.7 Å². The predicted molar refractivity (Wildman–Crippen MR) is 74.1 cm³/mol. The molecule has 2 aromatic carbocycles. The molecule has 4 nitrogen and oxygen atoms in total. The van der Waals surface area contributed by atoms with E-state index in [2.05, 4.69) is 5.32 Å². The highest BCUT2D eigenvalue weighted by Crippen LogP contribution is 2.34. The molecule has 5 heteroatoms. The smallest absolute Gasteiger partial charge is 0.235 e. The van der Waals surface area contributed by atoms with Gasteiger partial charge in [-0.1, -0.05) is 18.2 Å². The molecule has 1 heterocycles. The number of para-hydroxylation sites is 1. The number of carbonyl (C=O) groups is 1. The Hall–Kier alpha value is -2.56. The average Bonchev–Trinajstić information content (AvgIpc) is 2.86. The Morgan fingerprint density at radius 2 is 2.10 bits per heavy atom. The van der Waals surface area contributed by atoms with Crippen LogP contribution in [0.5, 0.6) is 5.75 Å². The molecule has 0 bridgehead atoms. The fourth-order valence-corrected chi connectivity index (χ4v) is 2.25. The van der Waals surface area contributed by atoms with Crippen molar-refractivity contribution in [3.63, 3.8) is 0 Å². The molecule has 0 radical (unpaired) electrons. The van der Waals surface area contributed by atoms with Gasteiger partial charge in [-0.15, -0.1) is 0 Å². The first-order valence-corrected chi connectivity index (χ1v) is 6.23. The number of amides is 1. The Labute approximate surface area is 115 Å². The molecule has 102 valence electrons. The molecule has 2 aromatic rings. The minimum absolute atomic E-state index is 0.200. The number of hydrogen-bond donors (Lipinski definition) is 2. The maximum Gasteiger partial charge on any atom is 0.235 e. The van der Waals surface area contributed by atoms with Crippen molar-refractivity contribution in [2.45, 2.75) is 5.92 Å². The molecule has 1 atom stereocenters. The summed E-state index contributed by atoms with van der Waals surface area (Å²) >= 11 is 0. The normalized spacial score (nSPS) is 16.4. The summed E-state index contributed by atoms with van der Waals surface area (Å²) in [5.74, 6) is -0.307. The van der Waals surface area contributed by atoms with Gasteiger partial charge < -0.3 is 15.8 Å². The molecule has 1 unspecified atom stereocenters. The molecule has 3 rings (SSSR count). The van der Waals surface area contributed by atoms with Crippen LogP contribution in [0, 0.1) is 5.82 Å². The highest BCUT2D eigenvalue weighted by molar-refractivity contribution is 5.99. The zero-order chi connectivity index (χ0) is 14.1. The zero-order valence-corrected chi connectivity index (χ0v) is 10.6. The molecule has 1 amide bonds. The first-order chi connectivity index (χ1) is 9.65. The lowest BCUT2D eigenvalue weighted by molar-refractivity contribution is -0.117. The molecule has 3 N–H and O–H groups in total. The number of rotatable bonds is 2. The first kappa shape index (κ1) is 12.5. The Balaban J connectivity index is 1.81. The molecule has 0 aromatic heterocycles. The van der Waals surface area contributed by atoms with Gasteiger partial charge in [0.15, 0.2) is 0 Å². The number of ether oxygens (including phenoxy) is 1. The van der Waals surface area contributed by atoms with E-state index >= 15 is 0 Å². The first-order valence-electron chi connectivity index (χ1n) is 6.23. The SMILES string of the molecule is Nc1cc(F)ccc1NC(=O)C1COc2ccccc21. The molecule has 1 aliphatic rings. The van der Waals surface area contributed by atoms with Crippen molar-refractivity contribution in [1.82, 2.24) is 0 Å². The van der Waals surface area contributed by atoms with Crippen LogP contribution < -0.4 is 15.8 Å². The maximum atomic E-state index is 13.0.